The highest BCUT2D eigenvalue weighted by Gasteiger charge is 2.21. The molecule has 1 aromatic carbocycles. The molecule has 5 heteroatoms. The number of aromatic nitrogens is 2. The Kier molecular flexibility index (Phi) is 5.30. The van der Waals surface area contributed by atoms with E-state index in [1.807, 2.05) is 28.8 Å². The van der Waals surface area contributed by atoms with E-state index in [0.717, 1.165) is 45.2 Å². The molecule has 1 aliphatic rings. The van der Waals surface area contributed by atoms with Gasteiger partial charge in [-0.2, -0.15) is 0 Å². The van der Waals surface area contributed by atoms with Crippen LogP contribution < -0.4 is 10.3 Å². The van der Waals surface area contributed by atoms with Gasteiger partial charge in [0.2, 0.25) is 0 Å². The van der Waals surface area contributed by atoms with Crippen LogP contribution in [-0.4, -0.2) is 16.7 Å². The molecule has 0 N–H and O–H groups in total. The number of methoxy groups -OCH3 is 1. The van der Waals surface area contributed by atoms with E-state index in [0.29, 0.717) is 12.5 Å². The maximum absolute atomic E-state index is 13.5. The molecular weight excluding hydrogens is 404 g/mol. The largest absolute Gasteiger partial charge is 0.495 e. The summed E-state index contributed by atoms with van der Waals surface area (Å²) in [6.07, 6.45) is 7.65. The average molecular weight is 427 g/mol. The van der Waals surface area contributed by atoms with Gasteiger partial charge in [0.1, 0.15) is 5.75 Å². The van der Waals surface area contributed by atoms with E-state index in [2.05, 4.69) is 33.0 Å². The SMILES string of the molecule is COc1cc2c(cc1Br)cc(C1CCCCC1)c(=O)n2Cc1ccccn1. The minimum Gasteiger partial charge on any atom is -0.495 e. The van der Waals surface area contributed by atoms with Crippen LogP contribution in [0.5, 0.6) is 5.75 Å². The van der Waals surface area contributed by atoms with Gasteiger partial charge in [0.05, 0.1) is 29.3 Å². The molecule has 27 heavy (non-hydrogen) atoms. The summed E-state index contributed by atoms with van der Waals surface area (Å²) in [5.41, 5.74) is 2.80. The monoisotopic (exact) mass is 426 g/mol. The maximum atomic E-state index is 13.5. The standard InChI is InChI=1S/C22H23BrN2O2/c1-27-21-13-20-16(12-19(21)23)11-18(15-7-3-2-4-8-15)22(26)25(20)14-17-9-5-6-10-24-17/h5-6,9-13,15H,2-4,7-8,14H2,1H3. The molecular formula is C22H23BrN2O2. The molecule has 0 aliphatic heterocycles. The molecule has 0 atom stereocenters. The Morgan fingerprint density at radius 1 is 1.19 bits per heavy atom. The van der Waals surface area contributed by atoms with Gasteiger partial charge in [-0.25, -0.2) is 0 Å². The maximum Gasteiger partial charge on any atom is 0.254 e. The van der Waals surface area contributed by atoms with Crippen molar-refractivity contribution in [1.82, 2.24) is 9.55 Å². The highest BCUT2D eigenvalue weighted by atomic mass is 79.9. The van der Waals surface area contributed by atoms with E-state index in [4.69, 9.17) is 4.74 Å². The molecule has 2 heterocycles. The van der Waals surface area contributed by atoms with Crippen LogP contribution in [0.25, 0.3) is 10.9 Å². The molecule has 1 aliphatic carbocycles. The van der Waals surface area contributed by atoms with Crippen molar-refractivity contribution in [3.63, 3.8) is 0 Å². The number of ether oxygens (including phenoxy) is 1. The van der Waals surface area contributed by atoms with Crippen molar-refractivity contribution in [3.05, 3.63) is 68.7 Å². The van der Waals surface area contributed by atoms with Crippen LogP contribution in [0.3, 0.4) is 0 Å². The zero-order chi connectivity index (χ0) is 18.8. The van der Waals surface area contributed by atoms with Crippen LogP contribution in [0.4, 0.5) is 0 Å². The number of nitrogens with zero attached hydrogens (tertiary/aromatic N) is 2. The second-order valence-electron chi connectivity index (χ2n) is 7.19. The van der Waals surface area contributed by atoms with Gasteiger partial charge in [-0.15, -0.1) is 0 Å². The highest BCUT2D eigenvalue weighted by molar-refractivity contribution is 9.10. The minimum absolute atomic E-state index is 0.101. The third-order valence-electron chi connectivity index (χ3n) is 5.49. The molecule has 0 amide bonds. The van der Waals surface area contributed by atoms with Gasteiger partial charge < -0.3 is 9.30 Å². The minimum atomic E-state index is 0.101. The fourth-order valence-corrected chi connectivity index (χ4v) is 4.60. The molecule has 1 fully saturated rings. The van der Waals surface area contributed by atoms with Gasteiger partial charge in [-0.3, -0.25) is 9.78 Å². The fraction of sp³-hybridized carbons (Fsp3) is 0.364. The summed E-state index contributed by atoms with van der Waals surface area (Å²) in [6, 6.07) is 11.9. The van der Waals surface area contributed by atoms with Crippen molar-refractivity contribution < 1.29 is 4.74 Å². The quantitative estimate of drug-likeness (QED) is 0.570. The number of pyridine rings is 2. The summed E-state index contributed by atoms with van der Waals surface area (Å²) in [7, 11) is 1.64. The predicted octanol–water partition coefficient (Wildman–Crippen LogP) is 5.26. The number of halogens is 1. The topological polar surface area (TPSA) is 44.1 Å². The smallest absolute Gasteiger partial charge is 0.254 e. The Morgan fingerprint density at radius 2 is 2.00 bits per heavy atom. The number of rotatable bonds is 4. The second-order valence-corrected chi connectivity index (χ2v) is 8.05. The Bertz CT molecular complexity index is 1010. The van der Waals surface area contributed by atoms with Crippen LogP contribution in [0.1, 0.15) is 49.3 Å². The Hall–Kier alpha value is -2.14. The molecule has 0 radical (unpaired) electrons. The molecule has 4 nitrogen and oxygen atoms in total. The zero-order valence-electron chi connectivity index (χ0n) is 15.5. The van der Waals surface area contributed by atoms with Gasteiger partial charge in [0, 0.05) is 23.2 Å². The molecule has 0 spiro atoms. The van der Waals surface area contributed by atoms with Crippen molar-refractivity contribution in [2.45, 2.75) is 44.6 Å². The van der Waals surface area contributed by atoms with Gasteiger partial charge in [-0.05, 0) is 59.0 Å². The van der Waals surface area contributed by atoms with E-state index in [1.54, 1.807) is 13.3 Å². The predicted molar refractivity (Wildman–Crippen MR) is 112 cm³/mol. The summed E-state index contributed by atoms with van der Waals surface area (Å²) >= 11 is 3.58. The van der Waals surface area contributed by atoms with E-state index >= 15 is 0 Å². The van der Waals surface area contributed by atoms with Crippen molar-refractivity contribution in [2.24, 2.45) is 0 Å². The van der Waals surface area contributed by atoms with E-state index in [-0.39, 0.29) is 5.56 Å². The summed E-state index contributed by atoms with van der Waals surface area (Å²) in [6.45, 7) is 0.460. The molecule has 2 aromatic heterocycles. The highest BCUT2D eigenvalue weighted by Crippen LogP contribution is 2.35. The Labute approximate surface area is 167 Å². The lowest BCUT2D eigenvalue weighted by molar-refractivity contribution is 0.412. The Morgan fingerprint density at radius 3 is 2.70 bits per heavy atom. The first-order chi connectivity index (χ1) is 13.2. The molecule has 0 bridgehead atoms. The third-order valence-corrected chi connectivity index (χ3v) is 6.11. The lowest BCUT2D eigenvalue weighted by Crippen LogP contribution is -2.27. The second kappa shape index (κ2) is 7.85. The first-order valence-electron chi connectivity index (χ1n) is 9.48. The number of hydrogen-bond donors (Lipinski definition) is 0. The van der Waals surface area contributed by atoms with E-state index < -0.39 is 0 Å². The summed E-state index contributed by atoms with van der Waals surface area (Å²) in [5, 5.41) is 1.05. The zero-order valence-corrected chi connectivity index (χ0v) is 17.0. The normalized spacial score (nSPS) is 15.2. The summed E-state index contributed by atoms with van der Waals surface area (Å²) in [5.74, 6) is 1.08. The summed E-state index contributed by atoms with van der Waals surface area (Å²) < 4.78 is 8.22. The van der Waals surface area contributed by atoms with Gasteiger partial charge in [0.25, 0.3) is 5.56 Å². The van der Waals surface area contributed by atoms with Crippen LogP contribution in [0, 0.1) is 0 Å². The molecule has 0 saturated heterocycles. The van der Waals surface area contributed by atoms with Crippen molar-refractivity contribution in [1.29, 1.82) is 0 Å². The first-order valence-corrected chi connectivity index (χ1v) is 10.3. The van der Waals surface area contributed by atoms with Crippen LogP contribution >= 0.6 is 15.9 Å². The van der Waals surface area contributed by atoms with Gasteiger partial charge in [0.15, 0.2) is 0 Å². The van der Waals surface area contributed by atoms with Gasteiger partial charge in [-0.1, -0.05) is 25.3 Å². The van der Waals surface area contributed by atoms with E-state index in [1.165, 1.54) is 19.3 Å². The summed E-state index contributed by atoms with van der Waals surface area (Å²) in [4.78, 5) is 17.9. The number of benzene rings is 1. The average Bonchev–Trinajstić information content (AvgIpc) is 2.71. The van der Waals surface area contributed by atoms with Crippen molar-refractivity contribution in [3.8, 4) is 5.75 Å². The first kappa shape index (κ1) is 18.2. The molecule has 4 rings (SSSR count). The van der Waals surface area contributed by atoms with Crippen molar-refractivity contribution >= 4 is 26.8 Å². The van der Waals surface area contributed by atoms with Crippen molar-refractivity contribution in [2.75, 3.05) is 7.11 Å². The molecule has 3 aromatic rings. The molecule has 1 saturated carbocycles. The number of hydrogen-bond acceptors (Lipinski definition) is 3. The Balaban J connectivity index is 1.92. The van der Waals surface area contributed by atoms with Crippen LogP contribution in [-0.2, 0) is 6.54 Å². The lowest BCUT2D eigenvalue weighted by Gasteiger charge is -2.23. The lowest BCUT2D eigenvalue weighted by atomic mass is 9.84. The number of fused-ring (bicyclic) bond motifs is 1. The van der Waals surface area contributed by atoms with Crippen LogP contribution in [0.15, 0.2) is 51.9 Å². The van der Waals surface area contributed by atoms with Crippen LogP contribution in [0.2, 0.25) is 0 Å². The third kappa shape index (κ3) is 3.65. The fourth-order valence-electron chi connectivity index (χ4n) is 4.08. The van der Waals surface area contributed by atoms with Gasteiger partial charge >= 0.3 is 0 Å². The molecule has 140 valence electrons. The molecule has 0 unspecified atom stereocenters. The van der Waals surface area contributed by atoms with E-state index in [9.17, 15) is 4.79 Å².